The second-order valence-electron chi connectivity index (χ2n) is 4.66. The molecule has 5 nitrogen and oxygen atoms in total. The van der Waals surface area contributed by atoms with Crippen LogP contribution >= 0.6 is 0 Å². The highest BCUT2D eigenvalue weighted by atomic mass is 16.2. The van der Waals surface area contributed by atoms with Gasteiger partial charge in [0.1, 0.15) is 5.69 Å². The summed E-state index contributed by atoms with van der Waals surface area (Å²) in [5.41, 5.74) is 8.57. The van der Waals surface area contributed by atoms with Crippen molar-refractivity contribution >= 4 is 23.0 Å². The molecule has 0 aliphatic heterocycles. The molecule has 0 saturated carbocycles. The number of amides is 1. The number of hydrogen-bond donors (Lipinski definition) is 2. The Kier molecular flexibility index (Phi) is 4.77. The lowest BCUT2D eigenvalue weighted by Gasteiger charge is -2.18. The van der Waals surface area contributed by atoms with Crippen molar-refractivity contribution < 1.29 is 4.79 Å². The number of carbonyl (C=O) groups excluding carboxylic acids is 1. The minimum atomic E-state index is -0.0591. The Morgan fingerprint density at radius 2 is 1.90 bits per heavy atom. The van der Waals surface area contributed by atoms with Gasteiger partial charge in [0.05, 0.1) is 0 Å². The highest BCUT2D eigenvalue weighted by molar-refractivity contribution is 5.93. The Balaban J connectivity index is 2.20. The molecule has 0 saturated heterocycles. The maximum atomic E-state index is 12.3. The molecular weight excluding hydrogens is 264 g/mol. The van der Waals surface area contributed by atoms with Crippen molar-refractivity contribution in [3.8, 4) is 0 Å². The Bertz CT molecular complexity index is 623. The van der Waals surface area contributed by atoms with Gasteiger partial charge in [-0.25, -0.2) is 0 Å². The van der Waals surface area contributed by atoms with Gasteiger partial charge in [-0.2, -0.15) is 0 Å². The largest absolute Gasteiger partial charge is 0.399 e. The molecule has 2 aromatic rings. The van der Waals surface area contributed by atoms with Gasteiger partial charge in [-0.05, 0) is 44.2 Å². The molecular formula is C16H20N4O. The second-order valence-corrected chi connectivity index (χ2v) is 4.66. The molecule has 3 N–H and O–H groups in total. The first-order valence-corrected chi connectivity index (χ1v) is 7.02. The first-order valence-electron chi connectivity index (χ1n) is 7.02. The molecule has 110 valence electrons. The molecule has 1 amide bonds. The number of nitrogen functional groups attached to an aromatic ring is 1. The van der Waals surface area contributed by atoms with E-state index in [1.54, 1.807) is 17.2 Å². The van der Waals surface area contributed by atoms with Gasteiger partial charge < -0.3 is 16.0 Å². The van der Waals surface area contributed by atoms with E-state index in [2.05, 4.69) is 10.3 Å². The number of carbonyl (C=O) groups is 1. The second kappa shape index (κ2) is 6.74. The Hall–Kier alpha value is -2.56. The van der Waals surface area contributed by atoms with Gasteiger partial charge in [0, 0.05) is 36.3 Å². The molecule has 2 rings (SSSR count). The predicted octanol–water partition coefficient (Wildman–Crippen LogP) is 2.89. The summed E-state index contributed by atoms with van der Waals surface area (Å²) in [5.74, 6) is -0.0591. The quantitative estimate of drug-likeness (QED) is 0.828. The Labute approximate surface area is 124 Å². The number of rotatable bonds is 5. The van der Waals surface area contributed by atoms with E-state index in [1.807, 2.05) is 44.2 Å². The summed E-state index contributed by atoms with van der Waals surface area (Å²) in [4.78, 5) is 18.2. The Morgan fingerprint density at radius 3 is 2.57 bits per heavy atom. The molecule has 0 spiro atoms. The van der Waals surface area contributed by atoms with Gasteiger partial charge in [0.25, 0.3) is 5.91 Å². The molecule has 1 heterocycles. The van der Waals surface area contributed by atoms with Gasteiger partial charge >= 0.3 is 0 Å². The monoisotopic (exact) mass is 284 g/mol. The summed E-state index contributed by atoms with van der Waals surface area (Å²) < 4.78 is 0. The molecule has 1 aromatic heterocycles. The van der Waals surface area contributed by atoms with Gasteiger partial charge in [0.2, 0.25) is 0 Å². The average molecular weight is 284 g/mol. The van der Waals surface area contributed by atoms with Crippen LogP contribution in [0.1, 0.15) is 24.3 Å². The minimum absolute atomic E-state index is 0.0591. The summed E-state index contributed by atoms with van der Waals surface area (Å²) in [6.45, 7) is 5.25. The van der Waals surface area contributed by atoms with E-state index >= 15 is 0 Å². The van der Waals surface area contributed by atoms with Crippen LogP contribution in [0, 0.1) is 0 Å². The zero-order chi connectivity index (χ0) is 15.2. The van der Waals surface area contributed by atoms with Crippen molar-refractivity contribution in [2.24, 2.45) is 0 Å². The fourth-order valence-corrected chi connectivity index (χ4v) is 2.08. The third kappa shape index (κ3) is 3.72. The van der Waals surface area contributed by atoms with E-state index < -0.39 is 0 Å². The van der Waals surface area contributed by atoms with Crippen LogP contribution in [0.2, 0.25) is 0 Å². The Morgan fingerprint density at radius 1 is 1.19 bits per heavy atom. The summed E-state index contributed by atoms with van der Waals surface area (Å²) in [5, 5.41) is 3.22. The van der Waals surface area contributed by atoms with Crippen LogP contribution in [-0.4, -0.2) is 28.9 Å². The van der Waals surface area contributed by atoms with E-state index in [0.717, 1.165) is 11.4 Å². The van der Waals surface area contributed by atoms with Crippen molar-refractivity contribution in [1.29, 1.82) is 0 Å². The van der Waals surface area contributed by atoms with Crippen molar-refractivity contribution in [1.82, 2.24) is 9.88 Å². The smallest absolute Gasteiger partial charge is 0.272 e. The molecule has 0 aliphatic rings. The van der Waals surface area contributed by atoms with Gasteiger partial charge in [-0.1, -0.05) is 6.07 Å². The number of pyridine rings is 1. The lowest BCUT2D eigenvalue weighted by molar-refractivity contribution is 0.0767. The van der Waals surface area contributed by atoms with Gasteiger partial charge in [-0.3, -0.25) is 9.78 Å². The SMILES string of the molecule is CCN(CC)C(=O)c1cc(Nc2cccc(N)c2)ccn1. The average Bonchev–Trinajstić information content (AvgIpc) is 2.48. The topological polar surface area (TPSA) is 71.2 Å². The van der Waals surface area contributed by atoms with Crippen LogP contribution in [0.3, 0.4) is 0 Å². The van der Waals surface area contributed by atoms with E-state index in [0.29, 0.717) is 24.5 Å². The number of aromatic nitrogens is 1. The standard InChI is InChI=1S/C16H20N4O/c1-3-20(4-2)16(21)15-11-14(8-9-18-15)19-13-7-5-6-12(17)10-13/h5-11H,3-4,17H2,1-2H3,(H,18,19). The van der Waals surface area contributed by atoms with Crippen LogP contribution in [0.4, 0.5) is 17.1 Å². The molecule has 0 atom stereocenters. The molecule has 0 radical (unpaired) electrons. The van der Waals surface area contributed by atoms with Crippen LogP contribution in [0.5, 0.6) is 0 Å². The third-order valence-corrected chi connectivity index (χ3v) is 3.21. The van der Waals surface area contributed by atoms with Crippen LogP contribution in [0.25, 0.3) is 0 Å². The molecule has 0 aliphatic carbocycles. The molecule has 0 fully saturated rings. The maximum absolute atomic E-state index is 12.3. The first-order chi connectivity index (χ1) is 10.1. The van der Waals surface area contributed by atoms with E-state index in [1.165, 1.54) is 0 Å². The fourth-order valence-electron chi connectivity index (χ4n) is 2.08. The van der Waals surface area contributed by atoms with Crippen LogP contribution in [0.15, 0.2) is 42.6 Å². The van der Waals surface area contributed by atoms with Gasteiger partial charge in [-0.15, -0.1) is 0 Å². The number of anilines is 3. The van der Waals surface area contributed by atoms with E-state index in [4.69, 9.17) is 5.73 Å². The lowest BCUT2D eigenvalue weighted by atomic mass is 10.2. The summed E-state index contributed by atoms with van der Waals surface area (Å²) in [7, 11) is 0. The van der Waals surface area contributed by atoms with Crippen molar-refractivity contribution in [2.75, 3.05) is 24.1 Å². The lowest BCUT2D eigenvalue weighted by Crippen LogP contribution is -2.31. The van der Waals surface area contributed by atoms with Crippen molar-refractivity contribution in [2.45, 2.75) is 13.8 Å². The zero-order valence-electron chi connectivity index (χ0n) is 12.3. The number of nitrogens with one attached hydrogen (secondary N) is 1. The third-order valence-electron chi connectivity index (χ3n) is 3.21. The first kappa shape index (κ1) is 14.8. The molecule has 5 heteroatoms. The summed E-state index contributed by atoms with van der Waals surface area (Å²) in [6, 6.07) is 11.0. The molecule has 21 heavy (non-hydrogen) atoms. The van der Waals surface area contributed by atoms with E-state index in [-0.39, 0.29) is 5.91 Å². The number of nitrogens with zero attached hydrogens (tertiary/aromatic N) is 2. The predicted molar refractivity (Wildman–Crippen MR) is 85.6 cm³/mol. The maximum Gasteiger partial charge on any atom is 0.272 e. The van der Waals surface area contributed by atoms with E-state index in [9.17, 15) is 4.79 Å². The minimum Gasteiger partial charge on any atom is -0.399 e. The molecule has 0 unspecified atom stereocenters. The highest BCUT2D eigenvalue weighted by Crippen LogP contribution is 2.19. The molecule has 0 bridgehead atoms. The number of hydrogen-bond acceptors (Lipinski definition) is 4. The zero-order valence-corrected chi connectivity index (χ0v) is 12.3. The summed E-state index contributed by atoms with van der Waals surface area (Å²) >= 11 is 0. The van der Waals surface area contributed by atoms with Crippen LogP contribution in [-0.2, 0) is 0 Å². The normalized spacial score (nSPS) is 10.2. The molecule has 1 aromatic carbocycles. The number of nitrogens with two attached hydrogens (primary N) is 1. The van der Waals surface area contributed by atoms with Gasteiger partial charge in [0.15, 0.2) is 0 Å². The van der Waals surface area contributed by atoms with Crippen molar-refractivity contribution in [3.05, 3.63) is 48.3 Å². The highest BCUT2D eigenvalue weighted by Gasteiger charge is 2.14. The van der Waals surface area contributed by atoms with Crippen LogP contribution < -0.4 is 11.1 Å². The fraction of sp³-hybridized carbons (Fsp3) is 0.250. The summed E-state index contributed by atoms with van der Waals surface area (Å²) in [6.07, 6.45) is 1.63. The van der Waals surface area contributed by atoms with Crippen molar-refractivity contribution in [3.63, 3.8) is 0 Å². The number of benzene rings is 1.